The molecular weight excluding hydrogens is 250 g/mol. The highest BCUT2D eigenvalue weighted by Crippen LogP contribution is 2.14. The minimum Gasteiger partial charge on any atom is -0.497 e. The summed E-state index contributed by atoms with van der Waals surface area (Å²) in [5.74, 6) is 1.24. The quantitative estimate of drug-likeness (QED) is 0.837. The second kappa shape index (κ2) is 5.71. The molecule has 4 nitrogen and oxygen atoms in total. The van der Waals surface area contributed by atoms with Crippen LogP contribution in [0.1, 0.15) is 12.0 Å². The summed E-state index contributed by atoms with van der Waals surface area (Å²) < 4.78 is 28.9. The Morgan fingerprint density at radius 2 is 2.22 bits per heavy atom. The molecule has 2 rings (SSSR count). The minimum atomic E-state index is -2.96. The van der Waals surface area contributed by atoms with Gasteiger partial charge in [-0.2, -0.15) is 0 Å². The molecule has 0 spiro atoms. The van der Waals surface area contributed by atoms with E-state index in [1.807, 2.05) is 24.3 Å². The molecule has 1 heterocycles. The van der Waals surface area contributed by atoms with E-state index in [9.17, 15) is 8.42 Å². The van der Waals surface area contributed by atoms with Gasteiger partial charge in [-0.3, -0.25) is 0 Å². The number of aryl methyl sites for hydroxylation is 1. The lowest BCUT2D eigenvalue weighted by Crippen LogP contribution is -2.47. The van der Waals surface area contributed by atoms with E-state index in [1.165, 1.54) is 0 Å². The van der Waals surface area contributed by atoms with E-state index in [0.29, 0.717) is 6.42 Å². The average molecular weight is 269 g/mol. The number of ether oxygens (including phenoxy) is 1. The first kappa shape index (κ1) is 13.4. The highest BCUT2D eigenvalue weighted by Gasteiger charge is 2.23. The zero-order valence-corrected chi connectivity index (χ0v) is 11.4. The molecule has 1 saturated heterocycles. The molecule has 0 bridgehead atoms. The number of sulfone groups is 1. The van der Waals surface area contributed by atoms with Gasteiger partial charge < -0.3 is 10.1 Å². The smallest absolute Gasteiger partial charge is 0.152 e. The van der Waals surface area contributed by atoms with E-state index >= 15 is 0 Å². The largest absolute Gasteiger partial charge is 0.497 e. The van der Waals surface area contributed by atoms with Crippen LogP contribution in [0, 0.1) is 0 Å². The maximum atomic E-state index is 11.9. The van der Waals surface area contributed by atoms with E-state index < -0.39 is 9.84 Å². The van der Waals surface area contributed by atoms with Crippen molar-refractivity contribution < 1.29 is 13.2 Å². The number of hydrogen-bond acceptors (Lipinski definition) is 4. The van der Waals surface area contributed by atoms with Gasteiger partial charge in [0.1, 0.15) is 5.75 Å². The predicted octanol–water partition coefficient (Wildman–Crippen LogP) is 1.01. The normalized spacial score (nSPS) is 19.3. The zero-order valence-electron chi connectivity index (χ0n) is 10.6. The highest BCUT2D eigenvalue weighted by molar-refractivity contribution is 7.91. The lowest BCUT2D eigenvalue weighted by atomic mass is 10.1. The molecule has 0 amide bonds. The topological polar surface area (TPSA) is 55.4 Å². The molecule has 0 aliphatic carbocycles. The zero-order chi connectivity index (χ0) is 13.0. The van der Waals surface area contributed by atoms with Crippen molar-refractivity contribution in [2.24, 2.45) is 0 Å². The van der Waals surface area contributed by atoms with E-state index in [4.69, 9.17) is 4.74 Å². The molecule has 1 N–H and O–H groups in total. The van der Waals surface area contributed by atoms with Crippen LogP contribution in [0.2, 0.25) is 0 Å². The SMILES string of the molecule is COc1cccc(CCS(=O)(=O)CC2CCN2)c1. The summed E-state index contributed by atoms with van der Waals surface area (Å²) in [5, 5.41) is 3.12. The van der Waals surface area contributed by atoms with Crippen LogP contribution in [-0.4, -0.2) is 39.6 Å². The monoisotopic (exact) mass is 269 g/mol. The molecule has 18 heavy (non-hydrogen) atoms. The van der Waals surface area contributed by atoms with Crippen molar-refractivity contribution in [1.29, 1.82) is 0 Å². The van der Waals surface area contributed by atoms with Crippen LogP contribution in [0.4, 0.5) is 0 Å². The first-order chi connectivity index (χ1) is 8.59. The molecular formula is C13H19NO3S. The second-order valence-electron chi connectivity index (χ2n) is 4.66. The van der Waals surface area contributed by atoms with Crippen molar-refractivity contribution in [2.75, 3.05) is 25.2 Å². The molecule has 1 aliphatic heterocycles. The molecule has 0 aromatic heterocycles. The Morgan fingerprint density at radius 3 is 2.83 bits per heavy atom. The first-order valence-electron chi connectivity index (χ1n) is 6.16. The molecule has 0 radical (unpaired) electrons. The Balaban J connectivity index is 1.89. The van der Waals surface area contributed by atoms with Crippen LogP contribution < -0.4 is 10.1 Å². The summed E-state index contributed by atoms with van der Waals surface area (Å²) in [4.78, 5) is 0. The van der Waals surface area contributed by atoms with Gasteiger partial charge in [-0.15, -0.1) is 0 Å². The molecule has 100 valence electrons. The summed E-state index contributed by atoms with van der Waals surface area (Å²) in [6.45, 7) is 0.941. The van der Waals surface area contributed by atoms with Gasteiger partial charge in [-0.1, -0.05) is 12.1 Å². The Kier molecular flexibility index (Phi) is 4.24. The van der Waals surface area contributed by atoms with Crippen molar-refractivity contribution >= 4 is 9.84 Å². The van der Waals surface area contributed by atoms with Crippen molar-refractivity contribution in [3.63, 3.8) is 0 Å². The van der Waals surface area contributed by atoms with Gasteiger partial charge in [-0.25, -0.2) is 8.42 Å². The molecule has 1 aromatic carbocycles. The minimum absolute atomic E-state index is 0.167. The van der Waals surface area contributed by atoms with Crippen molar-refractivity contribution in [3.8, 4) is 5.75 Å². The van der Waals surface area contributed by atoms with Gasteiger partial charge in [0, 0.05) is 6.04 Å². The summed E-state index contributed by atoms with van der Waals surface area (Å²) in [6.07, 6.45) is 1.52. The van der Waals surface area contributed by atoms with E-state index in [2.05, 4.69) is 5.32 Å². The van der Waals surface area contributed by atoms with Crippen LogP contribution in [0.5, 0.6) is 5.75 Å². The van der Waals surface area contributed by atoms with E-state index in [0.717, 1.165) is 24.3 Å². The van der Waals surface area contributed by atoms with E-state index in [-0.39, 0.29) is 17.5 Å². The fourth-order valence-corrected chi connectivity index (χ4v) is 3.59. The predicted molar refractivity (Wildman–Crippen MR) is 71.8 cm³/mol. The standard InChI is InChI=1S/C13H19NO3S/c1-17-13-4-2-3-11(9-13)6-8-18(15,16)10-12-5-7-14-12/h2-4,9,12,14H,5-8,10H2,1H3. The molecule has 1 aliphatic rings. The van der Waals surface area contributed by atoms with Gasteiger partial charge in [0.25, 0.3) is 0 Å². The Hall–Kier alpha value is -1.07. The molecule has 1 fully saturated rings. The summed E-state index contributed by atoms with van der Waals surface area (Å²) in [6, 6.07) is 7.72. The summed E-state index contributed by atoms with van der Waals surface area (Å²) in [5.41, 5.74) is 1.000. The van der Waals surface area contributed by atoms with Gasteiger partial charge in [0.15, 0.2) is 9.84 Å². The Bertz CT molecular complexity index is 495. The number of rotatable bonds is 6. The molecule has 1 atom stereocenters. The van der Waals surface area contributed by atoms with Crippen molar-refractivity contribution in [2.45, 2.75) is 18.9 Å². The third-order valence-electron chi connectivity index (χ3n) is 3.22. The Morgan fingerprint density at radius 1 is 1.44 bits per heavy atom. The van der Waals surface area contributed by atoms with Gasteiger partial charge in [0.2, 0.25) is 0 Å². The van der Waals surface area contributed by atoms with Crippen LogP contribution in [0.15, 0.2) is 24.3 Å². The lowest BCUT2D eigenvalue weighted by Gasteiger charge is -2.27. The lowest BCUT2D eigenvalue weighted by molar-refractivity contribution is 0.398. The molecule has 5 heteroatoms. The van der Waals surface area contributed by atoms with Crippen LogP contribution >= 0.6 is 0 Å². The van der Waals surface area contributed by atoms with Crippen molar-refractivity contribution in [3.05, 3.63) is 29.8 Å². The summed E-state index contributed by atoms with van der Waals surface area (Å²) >= 11 is 0. The fraction of sp³-hybridized carbons (Fsp3) is 0.538. The third-order valence-corrected chi connectivity index (χ3v) is 4.95. The van der Waals surface area contributed by atoms with E-state index in [1.54, 1.807) is 7.11 Å². The second-order valence-corrected chi connectivity index (χ2v) is 6.88. The number of methoxy groups -OCH3 is 1. The Labute approximate surface area is 108 Å². The number of hydrogen-bond donors (Lipinski definition) is 1. The fourth-order valence-electron chi connectivity index (χ4n) is 1.98. The van der Waals surface area contributed by atoms with Crippen LogP contribution in [0.25, 0.3) is 0 Å². The molecule has 1 aromatic rings. The van der Waals surface area contributed by atoms with Crippen LogP contribution in [-0.2, 0) is 16.3 Å². The molecule has 0 saturated carbocycles. The van der Waals surface area contributed by atoms with Crippen molar-refractivity contribution in [1.82, 2.24) is 5.32 Å². The van der Waals surface area contributed by atoms with Crippen LogP contribution in [0.3, 0.4) is 0 Å². The first-order valence-corrected chi connectivity index (χ1v) is 7.98. The third kappa shape index (κ3) is 3.71. The van der Waals surface area contributed by atoms with Gasteiger partial charge in [-0.05, 0) is 37.1 Å². The average Bonchev–Trinajstić information content (AvgIpc) is 2.32. The maximum Gasteiger partial charge on any atom is 0.152 e. The summed E-state index contributed by atoms with van der Waals surface area (Å²) in [7, 11) is -1.35. The number of benzene rings is 1. The van der Waals surface area contributed by atoms with Gasteiger partial charge in [0.05, 0.1) is 18.6 Å². The molecule has 1 unspecified atom stereocenters. The highest BCUT2D eigenvalue weighted by atomic mass is 32.2. The van der Waals surface area contributed by atoms with Gasteiger partial charge >= 0.3 is 0 Å². The maximum absolute atomic E-state index is 11.9. The number of nitrogens with one attached hydrogen (secondary N) is 1.